The molecule has 0 aliphatic heterocycles. The van der Waals surface area contributed by atoms with Crippen LogP contribution in [0.4, 0.5) is 5.69 Å². The minimum Gasteiger partial charge on any atom is -0.388 e. The minimum absolute atomic E-state index is 0.243. The summed E-state index contributed by atoms with van der Waals surface area (Å²) in [4.78, 5) is 0. The standard InChI is InChI=1S/C20H22N2/c1-14(15(2)18-11-9-17(13-21)10-12-18)16(3)19-7-5-6-8-20(19)22-4/h5-12,15-16,22H,1H2,2-4H3. The molecule has 0 bridgehead atoms. The SMILES string of the molecule is C=C(C(C)c1ccc(C#N)cc1)C(C)c1ccccc1NC. The van der Waals surface area contributed by atoms with Crippen molar-refractivity contribution in [3.8, 4) is 6.07 Å². The summed E-state index contributed by atoms with van der Waals surface area (Å²) < 4.78 is 0. The van der Waals surface area contributed by atoms with Gasteiger partial charge in [0.25, 0.3) is 0 Å². The van der Waals surface area contributed by atoms with Crippen molar-refractivity contribution in [2.75, 3.05) is 12.4 Å². The third kappa shape index (κ3) is 3.20. The van der Waals surface area contributed by atoms with Gasteiger partial charge in [-0.2, -0.15) is 5.26 Å². The van der Waals surface area contributed by atoms with Crippen molar-refractivity contribution < 1.29 is 0 Å². The summed E-state index contributed by atoms with van der Waals surface area (Å²) in [5.41, 5.74) is 5.46. The molecular formula is C20H22N2. The Morgan fingerprint density at radius 3 is 2.27 bits per heavy atom. The van der Waals surface area contributed by atoms with E-state index in [1.807, 2.05) is 37.4 Å². The molecule has 2 unspecified atom stereocenters. The highest BCUT2D eigenvalue weighted by Gasteiger charge is 2.19. The van der Waals surface area contributed by atoms with E-state index in [1.54, 1.807) is 0 Å². The van der Waals surface area contributed by atoms with Crippen molar-refractivity contribution in [2.24, 2.45) is 0 Å². The van der Waals surface area contributed by atoms with Crippen LogP contribution < -0.4 is 5.32 Å². The molecule has 2 atom stereocenters. The average molecular weight is 290 g/mol. The van der Waals surface area contributed by atoms with Gasteiger partial charge in [-0.3, -0.25) is 0 Å². The molecule has 2 rings (SSSR count). The van der Waals surface area contributed by atoms with Gasteiger partial charge < -0.3 is 5.32 Å². The number of hydrogen-bond donors (Lipinski definition) is 1. The molecule has 0 aliphatic carbocycles. The molecule has 2 heteroatoms. The van der Waals surface area contributed by atoms with Crippen LogP contribution in [0.5, 0.6) is 0 Å². The second-order valence-corrected chi connectivity index (χ2v) is 5.59. The molecule has 22 heavy (non-hydrogen) atoms. The number of nitrogens with one attached hydrogen (secondary N) is 1. The molecule has 2 nitrogen and oxygen atoms in total. The van der Waals surface area contributed by atoms with Crippen molar-refractivity contribution in [3.05, 3.63) is 77.4 Å². The van der Waals surface area contributed by atoms with Crippen molar-refractivity contribution in [1.29, 1.82) is 5.26 Å². The van der Waals surface area contributed by atoms with E-state index in [1.165, 1.54) is 16.7 Å². The molecule has 0 saturated heterocycles. The first-order chi connectivity index (χ1) is 10.6. The topological polar surface area (TPSA) is 35.8 Å². The molecule has 2 aromatic carbocycles. The van der Waals surface area contributed by atoms with Crippen LogP contribution in [0.1, 0.15) is 42.4 Å². The fourth-order valence-corrected chi connectivity index (χ4v) is 2.74. The van der Waals surface area contributed by atoms with E-state index >= 15 is 0 Å². The Balaban J connectivity index is 2.24. The number of benzene rings is 2. The quantitative estimate of drug-likeness (QED) is 0.781. The van der Waals surface area contributed by atoms with Crippen molar-refractivity contribution >= 4 is 5.69 Å². The van der Waals surface area contributed by atoms with Gasteiger partial charge in [0.1, 0.15) is 0 Å². The summed E-state index contributed by atoms with van der Waals surface area (Å²) in [7, 11) is 1.94. The van der Waals surface area contributed by atoms with Crippen molar-refractivity contribution in [2.45, 2.75) is 25.7 Å². The lowest BCUT2D eigenvalue weighted by Gasteiger charge is -2.24. The highest BCUT2D eigenvalue weighted by atomic mass is 14.8. The maximum absolute atomic E-state index is 8.90. The second-order valence-electron chi connectivity index (χ2n) is 5.59. The number of allylic oxidation sites excluding steroid dienone is 1. The monoisotopic (exact) mass is 290 g/mol. The Kier molecular flexibility index (Phi) is 5.01. The van der Waals surface area contributed by atoms with Gasteiger partial charge >= 0.3 is 0 Å². The summed E-state index contributed by atoms with van der Waals surface area (Å²) >= 11 is 0. The first-order valence-electron chi connectivity index (χ1n) is 7.54. The number of nitrogens with zero attached hydrogens (tertiary/aromatic N) is 1. The maximum atomic E-state index is 8.90. The molecule has 2 aromatic rings. The van der Waals surface area contributed by atoms with E-state index in [9.17, 15) is 0 Å². The number of rotatable bonds is 5. The lowest BCUT2D eigenvalue weighted by molar-refractivity contribution is 0.766. The van der Waals surface area contributed by atoms with E-state index in [0.29, 0.717) is 5.56 Å². The maximum Gasteiger partial charge on any atom is 0.0991 e. The van der Waals surface area contributed by atoms with Gasteiger partial charge in [0.15, 0.2) is 0 Å². The smallest absolute Gasteiger partial charge is 0.0991 e. The van der Waals surface area contributed by atoms with E-state index < -0.39 is 0 Å². The van der Waals surface area contributed by atoms with Crippen LogP contribution in [0, 0.1) is 11.3 Å². The highest BCUT2D eigenvalue weighted by molar-refractivity contribution is 5.54. The molecule has 0 saturated carbocycles. The van der Waals surface area contributed by atoms with Crippen LogP contribution in [-0.2, 0) is 0 Å². The Hall–Kier alpha value is -2.53. The van der Waals surface area contributed by atoms with Crippen LogP contribution >= 0.6 is 0 Å². The molecular weight excluding hydrogens is 268 g/mol. The zero-order valence-electron chi connectivity index (χ0n) is 13.4. The molecule has 0 heterocycles. The van der Waals surface area contributed by atoms with Gasteiger partial charge in [0.05, 0.1) is 11.6 Å². The first-order valence-corrected chi connectivity index (χ1v) is 7.54. The molecule has 0 spiro atoms. The van der Waals surface area contributed by atoms with Crippen LogP contribution in [0.15, 0.2) is 60.7 Å². The van der Waals surface area contributed by atoms with Gasteiger partial charge in [0, 0.05) is 24.6 Å². The lowest BCUT2D eigenvalue weighted by atomic mass is 9.82. The van der Waals surface area contributed by atoms with Gasteiger partial charge in [-0.15, -0.1) is 0 Å². The first kappa shape index (κ1) is 15.9. The molecule has 0 aromatic heterocycles. The third-order valence-electron chi connectivity index (χ3n) is 4.35. The second kappa shape index (κ2) is 6.95. The molecule has 0 fully saturated rings. The zero-order valence-corrected chi connectivity index (χ0v) is 13.4. The number of nitriles is 1. The van der Waals surface area contributed by atoms with E-state index in [0.717, 1.165) is 5.69 Å². The predicted molar refractivity (Wildman–Crippen MR) is 93.1 cm³/mol. The summed E-state index contributed by atoms with van der Waals surface area (Å²) in [6, 6.07) is 18.3. The molecule has 112 valence electrons. The zero-order chi connectivity index (χ0) is 16.1. The van der Waals surface area contributed by atoms with Crippen molar-refractivity contribution in [3.63, 3.8) is 0 Å². The number of anilines is 1. The summed E-state index contributed by atoms with van der Waals surface area (Å²) in [5.74, 6) is 0.502. The Morgan fingerprint density at radius 2 is 1.68 bits per heavy atom. The highest BCUT2D eigenvalue weighted by Crippen LogP contribution is 2.36. The molecule has 0 amide bonds. The van der Waals surface area contributed by atoms with E-state index in [-0.39, 0.29) is 11.8 Å². The minimum atomic E-state index is 0.243. The van der Waals surface area contributed by atoms with Crippen LogP contribution in [-0.4, -0.2) is 7.05 Å². The van der Waals surface area contributed by atoms with Crippen LogP contribution in [0.3, 0.4) is 0 Å². The van der Waals surface area contributed by atoms with Crippen molar-refractivity contribution in [1.82, 2.24) is 0 Å². The number of hydrogen-bond acceptors (Lipinski definition) is 2. The Bertz CT molecular complexity index is 692. The van der Waals surface area contributed by atoms with Gasteiger partial charge in [-0.1, -0.05) is 56.3 Å². The van der Waals surface area contributed by atoms with Gasteiger partial charge in [-0.25, -0.2) is 0 Å². The van der Waals surface area contributed by atoms with Gasteiger partial charge in [0.2, 0.25) is 0 Å². The number of para-hydroxylation sites is 1. The van der Waals surface area contributed by atoms with Gasteiger partial charge in [-0.05, 0) is 29.3 Å². The third-order valence-corrected chi connectivity index (χ3v) is 4.35. The summed E-state index contributed by atoms with van der Waals surface area (Å²) in [6.07, 6.45) is 0. The van der Waals surface area contributed by atoms with E-state index in [2.05, 4.69) is 50.0 Å². The molecule has 1 N–H and O–H groups in total. The average Bonchev–Trinajstić information content (AvgIpc) is 2.59. The van der Waals surface area contributed by atoms with Crippen LogP contribution in [0.25, 0.3) is 0 Å². The molecule has 0 aliphatic rings. The fourth-order valence-electron chi connectivity index (χ4n) is 2.74. The van der Waals surface area contributed by atoms with E-state index in [4.69, 9.17) is 5.26 Å². The Morgan fingerprint density at radius 1 is 1.05 bits per heavy atom. The predicted octanol–water partition coefficient (Wildman–Crippen LogP) is 5.06. The fraction of sp³-hybridized carbons (Fsp3) is 0.250. The van der Waals surface area contributed by atoms with Crippen LogP contribution in [0.2, 0.25) is 0 Å². The molecule has 0 radical (unpaired) electrons. The summed E-state index contributed by atoms with van der Waals surface area (Å²) in [6.45, 7) is 8.69. The normalized spacial score (nSPS) is 13.0. The largest absolute Gasteiger partial charge is 0.388 e. The summed E-state index contributed by atoms with van der Waals surface area (Å²) in [5, 5.41) is 12.1. The Labute approximate surface area is 133 Å². The lowest BCUT2D eigenvalue weighted by Crippen LogP contribution is -2.07.